The lowest BCUT2D eigenvalue weighted by Gasteiger charge is -2.07. The van der Waals surface area contributed by atoms with Crippen LogP contribution in [-0.2, 0) is 16.6 Å². The van der Waals surface area contributed by atoms with Gasteiger partial charge in [0.05, 0.1) is 17.8 Å². The van der Waals surface area contributed by atoms with Gasteiger partial charge in [-0.1, -0.05) is 6.07 Å². The van der Waals surface area contributed by atoms with E-state index in [4.69, 9.17) is 0 Å². The molecule has 0 saturated carbocycles. The van der Waals surface area contributed by atoms with E-state index in [1.54, 1.807) is 24.4 Å². The number of nitrogens with zero attached hydrogens (tertiary/aromatic N) is 1. The van der Waals surface area contributed by atoms with Crippen LogP contribution in [0.15, 0.2) is 30.5 Å². The number of anilines is 1. The lowest BCUT2D eigenvalue weighted by Crippen LogP contribution is -2.22. The second-order valence-corrected chi connectivity index (χ2v) is 7.55. The number of carbonyl (C=O) groups is 1. The third kappa shape index (κ3) is 4.83. The van der Waals surface area contributed by atoms with E-state index in [0.29, 0.717) is 17.8 Å². The minimum atomic E-state index is -3.36. The van der Waals surface area contributed by atoms with Gasteiger partial charge in [-0.3, -0.25) is 9.52 Å². The first-order valence-electron chi connectivity index (χ1n) is 6.11. The molecule has 2 rings (SSSR count). The van der Waals surface area contributed by atoms with Gasteiger partial charge in [-0.05, 0) is 25.1 Å². The van der Waals surface area contributed by atoms with E-state index in [-0.39, 0.29) is 5.91 Å². The SMILES string of the molecule is Cc1ncc(CNC(=O)c2cccc(NS(C)(=O)=O)c2)s1. The van der Waals surface area contributed by atoms with Crippen molar-refractivity contribution >= 4 is 33.0 Å². The van der Waals surface area contributed by atoms with Crippen molar-refractivity contribution < 1.29 is 13.2 Å². The zero-order valence-electron chi connectivity index (χ0n) is 11.6. The summed E-state index contributed by atoms with van der Waals surface area (Å²) in [4.78, 5) is 17.1. The fourth-order valence-corrected chi connectivity index (χ4v) is 2.98. The molecule has 0 spiro atoms. The molecule has 0 saturated heterocycles. The summed E-state index contributed by atoms with van der Waals surface area (Å²) in [5, 5.41) is 3.72. The van der Waals surface area contributed by atoms with Gasteiger partial charge >= 0.3 is 0 Å². The number of benzene rings is 1. The average Bonchev–Trinajstić information content (AvgIpc) is 2.80. The number of nitrogens with one attached hydrogen (secondary N) is 2. The molecule has 1 amide bonds. The van der Waals surface area contributed by atoms with Crippen LogP contribution in [0.1, 0.15) is 20.2 Å². The zero-order valence-corrected chi connectivity index (χ0v) is 13.2. The van der Waals surface area contributed by atoms with Crippen molar-refractivity contribution in [3.8, 4) is 0 Å². The zero-order chi connectivity index (χ0) is 15.5. The van der Waals surface area contributed by atoms with Crippen LogP contribution in [0.2, 0.25) is 0 Å². The number of amides is 1. The lowest BCUT2D eigenvalue weighted by atomic mass is 10.2. The van der Waals surface area contributed by atoms with Gasteiger partial charge in [0.25, 0.3) is 5.91 Å². The molecule has 0 bridgehead atoms. The summed E-state index contributed by atoms with van der Waals surface area (Å²) < 4.78 is 24.7. The van der Waals surface area contributed by atoms with Crippen LogP contribution in [0.3, 0.4) is 0 Å². The molecule has 1 aromatic carbocycles. The normalized spacial score (nSPS) is 11.1. The first kappa shape index (κ1) is 15.5. The second-order valence-electron chi connectivity index (χ2n) is 4.48. The number of sulfonamides is 1. The van der Waals surface area contributed by atoms with E-state index in [2.05, 4.69) is 15.0 Å². The summed E-state index contributed by atoms with van der Waals surface area (Å²) in [5.41, 5.74) is 0.753. The second kappa shape index (κ2) is 6.23. The van der Waals surface area contributed by atoms with E-state index in [1.807, 2.05) is 6.92 Å². The molecule has 112 valence electrons. The number of hydrogen-bond acceptors (Lipinski definition) is 5. The number of carbonyl (C=O) groups excluding carboxylic acids is 1. The molecule has 1 heterocycles. The molecule has 1 aromatic heterocycles. The highest BCUT2D eigenvalue weighted by Crippen LogP contribution is 2.13. The first-order valence-corrected chi connectivity index (χ1v) is 8.81. The van der Waals surface area contributed by atoms with Crippen molar-refractivity contribution in [2.24, 2.45) is 0 Å². The molecule has 2 aromatic rings. The largest absolute Gasteiger partial charge is 0.347 e. The molecule has 0 fully saturated rings. The van der Waals surface area contributed by atoms with Crippen molar-refractivity contribution in [1.29, 1.82) is 0 Å². The van der Waals surface area contributed by atoms with Gasteiger partial charge < -0.3 is 5.32 Å². The molecule has 2 N–H and O–H groups in total. The van der Waals surface area contributed by atoms with Crippen LogP contribution in [0.4, 0.5) is 5.69 Å². The Morgan fingerprint density at radius 2 is 2.14 bits per heavy atom. The van der Waals surface area contributed by atoms with Gasteiger partial charge in [0.15, 0.2) is 0 Å². The number of aryl methyl sites for hydroxylation is 1. The molecule has 6 nitrogen and oxygen atoms in total. The van der Waals surface area contributed by atoms with Gasteiger partial charge in [-0.25, -0.2) is 13.4 Å². The van der Waals surface area contributed by atoms with E-state index < -0.39 is 10.0 Å². The Kier molecular flexibility index (Phi) is 4.59. The molecule has 0 aliphatic carbocycles. The Balaban J connectivity index is 2.03. The summed E-state index contributed by atoms with van der Waals surface area (Å²) in [6.07, 6.45) is 2.79. The summed E-state index contributed by atoms with van der Waals surface area (Å²) in [6.45, 7) is 2.30. The molecule has 0 radical (unpaired) electrons. The smallest absolute Gasteiger partial charge is 0.251 e. The predicted molar refractivity (Wildman–Crippen MR) is 82.9 cm³/mol. The Morgan fingerprint density at radius 3 is 2.76 bits per heavy atom. The molecule has 0 unspecified atom stereocenters. The number of hydrogen-bond donors (Lipinski definition) is 2. The Morgan fingerprint density at radius 1 is 1.38 bits per heavy atom. The Hall–Kier alpha value is -1.93. The van der Waals surface area contributed by atoms with Gasteiger partial charge in [0, 0.05) is 22.3 Å². The van der Waals surface area contributed by atoms with Crippen molar-refractivity contribution in [2.45, 2.75) is 13.5 Å². The van der Waals surface area contributed by atoms with Crippen LogP contribution >= 0.6 is 11.3 Å². The third-order valence-corrected chi connectivity index (χ3v) is 4.04. The molecule has 21 heavy (non-hydrogen) atoms. The maximum Gasteiger partial charge on any atom is 0.251 e. The van der Waals surface area contributed by atoms with Crippen molar-refractivity contribution in [2.75, 3.05) is 11.0 Å². The van der Waals surface area contributed by atoms with Gasteiger partial charge in [0.2, 0.25) is 10.0 Å². The Labute approximate surface area is 127 Å². The highest BCUT2D eigenvalue weighted by molar-refractivity contribution is 7.92. The standard InChI is InChI=1S/C13H15N3O3S2/c1-9-14-7-12(20-9)8-15-13(17)10-4-3-5-11(6-10)16-21(2,18)19/h3-7,16H,8H2,1-2H3,(H,15,17). The summed E-state index contributed by atoms with van der Waals surface area (Å²) in [5.74, 6) is -0.266. The van der Waals surface area contributed by atoms with E-state index in [1.165, 1.54) is 17.4 Å². The summed E-state index contributed by atoms with van der Waals surface area (Å²) in [6, 6.07) is 6.33. The van der Waals surface area contributed by atoms with Crippen LogP contribution < -0.4 is 10.0 Å². The monoisotopic (exact) mass is 325 g/mol. The van der Waals surface area contributed by atoms with Gasteiger partial charge in [-0.15, -0.1) is 11.3 Å². The van der Waals surface area contributed by atoms with Crippen LogP contribution in [0.5, 0.6) is 0 Å². The fourth-order valence-electron chi connectivity index (χ4n) is 1.69. The minimum absolute atomic E-state index is 0.266. The van der Waals surface area contributed by atoms with E-state index >= 15 is 0 Å². The lowest BCUT2D eigenvalue weighted by molar-refractivity contribution is 0.0951. The molecule has 8 heteroatoms. The van der Waals surface area contributed by atoms with Gasteiger partial charge in [0.1, 0.15) is 0 Å². The van der Waals surface area contributed by atoms with Crippen LogP contribution in [-0.4, -0.2) is 25.6 Å². The first-order chi connectivity index (χ1) is 9.83. The molecular formula is C13H15N3O3S2. The van der Waals surface area contributed by atoms with Crippen molar-refractivity contribution in [3.63, 3.8) is 0 Å². The van der Waals surface area contributed by atoms with Crippen LogP contribution in [0, 0.1) is 6.92 Å². The molecule has 0 aliphatic rings. The number of thiazole rings is 1. The third-order valence-electron chi connectivity index (χ3n) is 2.52. The van der Waals surface area contributed by atoms with Crippen molar-refractivity contribution in [1.82, 2.24) is 10.3 Å². The average molecular weight is 325 g/mol. The van der Waals surface area contributed by atoms with Crippen LogP contribution in [0.25, 0.3) is 0 Å². The number of aromatic nitrogens is 1. The molecular weight excluding hydrogens is 310 g/mol. The summed E-state index contributed by atoms with van der Waals surface area (Å²) in [7, 11) is -3.36. The molecule has 0 atom stereocenters. The van der Waals surface area contributed by atoms with E-state index in [9.17, 15) is 13.2 Å². The number of rotatable bonds is 5. The highest BCUT2D eigenvalue weighted by atomic mass is 32.2. The maximum atomic E-state index is 12.0. The summed E-state index contributed by atoms with van der Waals surface area (Å²) >= 11 is 1.52. The Bertz CT molecular complexity index is 754. The topological polar surface area (TPSA) is 88.2 Å². The van der Waals surface area contributed by atoms with E-state index in [0.717, 1.165) is 16.1 Å². The van der Waals surface area contributed by atoms with Crippen molar-refractivity contribution in [3.05, 3.63) is 45.9 Å². The maximum absolute atomic E-state index is 12.0. The quantitative estimate of drug-likeness (QED) is 0.876. The fraction of sp³-hybridized carbons (Fsp3) is 0.231. The molecule has 0 aliphatic heterocycles. The minimum Gasteiger partial charge on any atom is -0.347 e. The highest BCUT2D eigenvalue weighted by Gasteiger charge is 2.08. The predicted octanol–water partition coefficient (Wildman–Crippen LogP) is 1.75. The van der Waals surface area contributed by atoms with Gasteiger partial charge in [-0.2, -0.15) is 0 Å².